The summed E-state index contributed by atoms with van der Waals surface area (Å²) in [7, 11) is 4.24. The molecule has 2 saturated heterocycles. The van der Waals surface area contributed by atoms with Gasteiger partial charge in [-0.1, -0.05) is 27.7 Å². The molecule has 0 spiro atoms. The second-order valence-electron chi connectivity index (χ2n) is 11.1. The molecule has 1 saturated carbocycles. The molecule has 35 heavy (non-hydrogen) atoms. The highest BCUT2D eigenvalue weighted by molar-refractivity contribution is 5.80. The number of aliphatic hydroxyl groups excluding tert-OH is 1. The Labute approximate surface area is 206 Å². The highest BCUT2D eigenvalue weighted by Gasteiger charge is 2.87. The van der Waals surface area contributed by atoms with Crippen molar-refractivity contribution >= 4 is 17.9 Å². The predicted molar refractivity (Wildman–Crippen MR) is 122 cm³/mol. The van der Waals surface area contributed by atoms with Gasteiger partial charge in [-0.15, -0.1) is 0 Å². The Morgan fingerprint density at radius 2 is 1.83 bits per heavy atom. The molecule has 10 nitrogen and oxygen atoms in total. The maximum Gasteiger partial charge on any atom is 0.338 e. The van der Waals surface area contributed by atoms with E-state index in [-0.39, 0.29) is 0 Å². The van der Waals surface area contributed by atoms with Crippen LogP contribution in [0.3, 0.4) is 0 Å². The van der Waals surface area contributed by atoms with Gasteiger partial charge in [0.2, 0.25) is 6.29 Å². The lowest BCUT2D eigenvalue weighted by molar-refractivity contribution is -0.232. The molecule has 2 aliphatic heterocycles. The first-order valence-electron chi connectivity index (χ1n) is 12.1. The number of carbonyl (C=O) groups excluding carboxylic acids is 3. The Kier molecular flexibility index (Phi) is 7.38. The highest BCUT2D eigenvalue weighted by atomic mass is 16.7. The smallest absolute Gasteiger partial charge is 0.338 e. The average Bonchev–Trinajstić information content (AvgIpc) is 3.31. The van der Waals surface area contributed by atoms with Crippen LogP contribution in [0.5, 0.6) is 0 Å². The molecule has 3 fully saturated rings. The van der Waals surface area contributed by atoms with Crippen LogP contribution in [0.15, 0.2) is 0 Å². The summed E-state index contributed by atoms with van der Waals surface area (Å²) >= 11 is 0. The van der Waals surface area contributed by atoms with Crippen molar-refractivity contribution in [2.45, 2.75) is 84.1 Å². The molecule has 1 N–H and O–H groups in total. The molecule has 2 heterocycles. The van der Waals surface area contributed by atoms with Crippen molar-refractivity contribution in [1.82, 2.24) is 0 Å². The fourth-order valence-corrected chi connectivity index (χ4v) is 7.90. The first-order chi connectivity index (χ1) is 16.2. The summed E-state index contributed by atoms with van der Waals surface area (Å²) < 4.78 is 35.2. The summed E-state index contributed by atoms with van der Waals surface area (Å²) in [6.45, 7) is 10.3. The monoisotopic (exact) mass is 500 g/mol. The number of hydrogen-bond acceptors (Lipinski definition) is 10. The molecular formula is C25H40O10. The van der Waals surface area contributed by atoms with E-state index >= 15 is 0 Å². The first kappa shape index (κ1) is 27.8. The van der Waals surface area contributed by atoms with Crippen LogP contribution in [0.25, 0.3) is 0 Å². The molecule has 3 rings (SSSR count). The Balaban J connectivity index is 2.35. The summed E-state index contributed by atoms with van der Waals surface area (Å²) in [5, 5.41) is 10.9. The van der Waals surface area contributed by atoms with E-state index < -0.39 is 82.8 Å². The van der Waals surface area contributed by atoms with Crippen LogP contribution < -0.4 is 0 Å². The average molecular weight is 501 g/mol. The second-order valence-corrected chi connectivity index (χ2v) is 11.1. The van der Waals surface area contributed by atoms with E-state index in [4.69, 9.17) is 28.4 Å². The van der Waals surface area contributed by atoms with E-state index in [1.54, 1.807) is 13.8 Å². The van der Waals surface area contributed by atoms with Gasteiger partial charge in [-0.25, -0.2) is 4.79 Å². The van der Waals surface area contributed by atoms with E-state index in [1.807, 2.05) is 20.8 Å². The minimum absolute atomic E-state index is 0.350. The standard InChI is InChI=1S/C25H40O10/c1-13(19(28)31-8)16-10-11-24(32-9)23(16,12-26)35-21-25(24,18(30-7)20(29)34-21)17(22(4,5)6)14(2)33-15(3)27/h13-14,16-18,21,26H,10-12H2,1-9H3/t13?,14-,16+,17-,18-,21?,23?,24?,25?/m0/s1. The Morgan fingerprint density at radius 3 is 2.29 bits per heavy atom. The van der Waals surface area contributed by atoms with E-state index in [0.29, 0.717) is 12.8 Å². The summed E-state index contributed by atoms with van der Waals surface area (Å²) in [6, 6.07) is 0. The second kappa shape index (κ2) is 9.28. The zero-order valence-corrected chi connectivity index (χ0v) is 22.2. The predicted octanol–water partition coefficient (Wildman–Crippen LogP) is 1.85. The molecule has 0 amide bonds. The summed E-state index contributed by atoms with van der Waals surface area (Å²) in [4.78, 5) is 37.8. The number of esters is 3. The van der Waals surface area contributed by atoms with E-state index in [0.717, 1.165) is 0 Å². The van der Waals surface area contributed by atoms with Crippen LogP contribution in [0.2, 0.25) is 0 Å². The molecule has 10 heteroatoms. The molecule has 9 atom stereocenters. The molecular weight excluding hydrogens is 460 g/mol. The Morgan fingerprint density at radius 1 is 1.20 bits per heavy atom. The topological polar surface area (TPSA) is 127 Å². The van der Waals surface area contributed by atoms with Crippen molar-refractivity contribution in [3.63, 3.8) is 0 Å². The number of hydrogen-bond donors (Lipinski definition) is 1. The lowest BCUT2D eigenvalue weighted by Gasteiger charge is -2.55. The number of fused-ring (bicyclic) bond motifs is 3. The third kappa shape index (κ3) is 3.54. The van der Waals surface area contributed by atoms with Crippen LogP contribution in [0.4, 0.5) is 0 Å². The highest BCUT2D eigenvalue weighted by Crippen LogP contribution is 2.73. The molecule has 0 aromatic carbocycles. The quantitative estimate of drug-likeness (QED) is 0.390. The van der Waals surface area contributed by atoms with Crippen molar-refractivity contribution in [1.29, 1.82) is 0 Å². The minimum atomic E-state index is -1.41. The first-order valence-corrected chi connectivity index (χ1v) is 12.1. The van der Waals surface area contributed by atoms with E-state index in [2.05, 4.69) is 0 Å². The van der Waals surface area contributed by atoms with Crippen LogP contribution >= 0.6 is 0 Å². The lowest BCUT2D eigenvalue weighted by Crippen LogP contribution is -2.70. The van der Waals surface area contributed by atoms with Crippen molar-refractivity contribution in [3.05, 3.63) is 0 Å². The molecule has 1 aliphatic carbocycles. The van der Waals surface area contributed by atoms with E-state index in [9.17, 15) is 19.5 Å². The van der Waals surface area contributed by atoms with Crippen LogP contribution in [-0.4, -0.2) is 80.7 Å². The summed E-state index contributed by atoms with van der Waals surface area (Å²) in [5.41, 5.74) is -4.60. The maximum absolute atomic E-state index is 13.2. The SMILES string of the molecule is COC(=O)C(C)[C@H]1CCC2(OC)C1(CO)OC1OC(=O)[C@H](OC)C12[C@@H]([C@H](C)OC(C)=O)C(C)(C)C. The maximum atomic E-state index is 13.2. The van der Waals surface area contributed by atoms with Gasteiger partial charge in [0.25, 0.3) is 0 Å². The van der Waals surface area contributed by atoms with Gasteiger partial charge >= 0.3 is 17.9 Å². The van der Waals surface area contributed by atoms with Gasteiger partial charge in [-0.2, -0.15) is 0 Å². The third-order valence-corrected chi connectivity index (χ3v) is 8.63. The summed E-state index contributed by atoms with van der Waals surface area (Å²) in [6.07, 6.45) is -2.17. The molecule has 5 unspecified atom stereocenters. The number of carbonyl (C=O) groups is 3. The van der Waals surface area contributed by atoms with Crippen molar-refractivity contribution < 1.29 is 47.9 Å². The van der Waals surface area contributed by atoms with Crippen molar-refractivity contribution in [2.75, 3.05) is 27.9 Å². The Bertz CT molecular complexity index is 852. The van der Waals surface area contributed by atoms with Crippen LogP contribution in [0.1, 0.15) is 54.4 Å². The zero-order chi connectivity index (χ0) is 26.6. The Hall–Kier alpha value is -1.75. The lowest BCUT2D eigenvalue weighted by atomic mass is 9.51. The van der Waals surface area contributed by atoms with Gasteiger partial charge in [0.05, 0.1) is 19.6 Å². The van der Waals surface area contributed by atoms with Gasteiger partial charge in [0.1, 0.15) is 22.7 Å². The molecule has 200 valence electrons. The summed E-state index contributed by atoms with van der Waals surface area (Å²) in [5.74, 6) is -3.22. The molecule has 3 aliphatic rings. The fourth-order valence-electron chi connectivity index (χ4n) is 7.90. The van der Waals surface area contributed by atoms with Gasteiger partial charge in [-0.3, -0.25) is 9.59 Å². The van der Waals surface area contributed by atoms with Gasteiger partial charge < -0.3 is 33.5 Å². The molecule has 0 aromatic heterocycles. The van der Waals surface area contributed by atoms with Gasteiger partial charge in [0.15, 0.2) is 6.10 Å². The number of methoxy groups -OCH3 is 3. The van der Waals surface area contributed by atoms with E-state index in [1.165, 1.54) is 28.3 Å². The van der Waals surface area contributed by atoms with Crippen molar-refractivity contribution in [3.8, 4) is 0 Å². The van der Waals surface area contributed by atoms with Crippen LogP contribution in [0, 0.1) is 28.6 Å². The number of ether oxygens (including phenoxy) is 6. The number of rotatable bonds is 8. The third-order valence-electron chi connectivity index (χ3n) is 8.63. The largest absolute Gasteiger partial charge is 0.469 e. The molecule has 0 aromatic rings. The number of aliphatic hydroxyl groups is 1. The zero-order valence-electron chi connectivity index (χ0n) is 22.2. The van der Waals surface area contributed by atoms with Crippen LogP contribution in [-0.2, 0) is 42.8 Å². The normalized spacial score (nSPS) is 38.8. The molecule has 0 radical (unpaired) electrons. The fraction of sp³-hybridized carbons (Fsp3) is 0.880. The molecule has 0 bridgehead atoms. The van der Waals surface area contributed by atoms with Gasteiger partial charge in [-0.05, 0) is 25.2 Å². The van der Waals surface area contributed by atoms with Gasteiger partial charge in [0, 0.05) is 33.0 Å². The van der Waals surface area contributed by atoms with Crippen molar-refractivity contribution in [2.24, 2.45) is 28.6 Å². The minimum Gasteiger partial charge on any atom is -0.469 e.